The third kappa shape index (κ3) is 4.84. The molecule has 4 heterocycles. The Kier molecular flexibility index (Phi) is 6.29. The first kappa shape index (κ1) is 24.7. The number of imidazole rings is 1. The van der Waals surface area contributed by atoms with Crippen LogP contribution in [0.2, 0.25) is 0 Å². The van der Waals surface area contributed by atoms with Gasteiger partial charge in [0.1, 0.15) is 16.9 Å². The van der Waals surface area contributed by atoms with Gasteiger partial charge in [0.15, 0.2) is 0 Å². The van der Waals surface area contributed by atoms with E-state index in [1.807, 2.05) is 12.1 Å². The number of nitrogens with one attached hydrogen (secondary N) is 3. The fourth-order valence-corrected chi connectivity index (χ4v) is 5.78. The van der Waals surface area contributed by atoms with E-state index < -0.39 is 10.0 Å². The summed E-state index contributed by atoms with van der Waals surface area (Å²) in [6.45, 7) is 0.372. The van der Waals surface area contributed by atoms with Gasteiger partial charge in [0, 0.05) is 49.3 Å². The smallest absolute Gasteiger partial charge is 0.261 e. The van der Waals surface area contributed by atoms with Crippen molar-refractivity contribution in [2.24, 2.45) is 0 Å². The van der Waals surface area contributed by atoms with Crippen LogP contribution in [0.15, 0.2) is 78.1 Å². The average molecular weight is 545 g/mol. The highest BCUT2D eigenvalue weighted by Crippen LogP contribution is 2.34. The Morgan fingerprint density at radius 3 is 2.77 bits per heavy atom. The molecule has 12 nitrogen and oxygen atoms in total. The Balaban J connectivity index is 1.25. The fraction of sp³-hybridized carbons (Fsp3) is 0.192. The van der Waals surface area contributed by atoms with E-state index in [4.69, 9.17) is 4.74 Å². The number of carbonyl (C=O) groups is 1. The molecule has 0 saturated carbocycles. The molecule has 198 valence electrons. The number of rotatable bonds is 7. The zero-order valence-corrected chi connectivity index (χ0v) is 21.6. The SMILES string of the molecule is CO[C@@H]1C[C@@H](c2ncc(-c3cccnc3)[nH]2)N(C(=O)c2cccc(NS(=O)(=O)c3ccc4n[nH]nc4c3)c2)C1. The first-order valence-corrected chi connectivity index (χ1v) is 13.6. The second-order valence-electron chi connectivity index (χ2n) is 9.15. The second-order valence-corrected chi connectivity index (χ2v) is 10.8. The number of fused-ring (bicyclic) bond motifs is 1. The van der Waals surface area contributed by atoms with E-state index in [2.05, 4.69) is 35.1 Å². The minimum atomic E-state index is -3.93. The first-order chi connectivity index (χ1) is 18.9. The number of hydrogen-bond donors (Lipinski definition) is 3. The number of methoxy groups -OCH3 is 1. The second kappa shape index (κ2) is 9.93. The number of aromatic amines is 2. The van der Waals surface area contributed by atoms with Gasteiger partial charge in [0.2, 0.25) is 0 Å². The number of aromatic nitrogens is 6. The minimum Gasteiger partial charge on any atom is -0.380 e. The van der Waals surface area contributed by atoms with Crippen LogP contribution in [0.3, 0.4) is 0 Å². The zero-order chi connectivity index (χ0) is 27.0. The van der Waals surface area contributed by atoms with Crippen molar-refractivity contribution >= 4 is 32.7 Å². The monoisotopic (exact) mass is 544 g/mol. The standard InChI is InChI=1S/C26H24N8O4S/c1-38-19-11-24(25-28-14-23(29-25)17-5-3-9-27-13-17)34(15-19)26(35)16-4-2-6-18(10-16)32-39(36,37)20-7-8-21-22(12-20)31-33-30-21/h2-10,12-14,19,24,32H,11,15H2,1H3,(H,28,29)(H,30,31,33)/t19-,24+/m1/s1. The number of hydrogen-bond acceptors (Lipinski definition) is 8. The van der Waals surface area contributed by atoms with Crippen LogP contribution in [-0.4, -0.2) is 69.3 Å². The van der Waals surface area contributed by atoms with Crippen molar-refractivity contribution in [3.8, 4) is 11.3 Å². The molecule has 3 aromatic heterocycles. The molecule has 13 heteroatoms. The molecule has 5 aromatic rings. The summed E-state index contributed by atoms with van der Waals surface area (Å²) in [5, 5.41) is 10.4. The number of amides is 1. The summed E-state index contributed by atoms with van der Waals surface area (Å²) in [6.07, 6.45) is 5.56. The Labute approximate surface area is 223 Å². The molecule has 0 aliphatic carbocycles. The number of carbonyl (C=O) groups excluding carboxylic acids is 1. The summed E-state index contributed by atoms with van der Waals surface area (Å²) in [5.74, 6) is 0.380. The van der Waals surface area contributed by atoms with Crippen LogP contribution in [0.25, 0.3) is 22.3 Å². The molecule has 1 fully saturated rings. The molecular weight excluding hydrogens is 520 g/mol. The molecule has 1 saturated heterocycles. The molecule has 1 amide bonds. The van der Waals surface area contributed by atoms with Crippen molar-refractivity contribution in [2.75, 3.05) is 18.4 Å². The summed E-state index contributed by atoms with van der Waals surface area (Å²) in [6, 6.07) is 14.3. The van der Waals surface area contributed by atoms with Crippen LogP contribution in [0, 0.1) is 0 Å². The number of anilines is 1. The molecule has 0 radical (unpaired) electrons. The largest absolute Gasteiger partial charge is 0.380 e. The normalized spacial score (nSPS) is 17.5. The highest BCUT2D eigenvalue weighted by Gasteiger charge is 2.38. The van der Waals surface area contributed by atoms with Gasteiger partial charge in [0.05, 0.1) is 28.9 Å². The molecule has 0 unspecified atom stereocenters. The number of sulfonamides is 1. The summed E-state index contributed by atoms with van der Waals surface area (Å²) in [4.78, 5) is 27.5. The maximum Gasteiger partial charge on any atom is 0.261 e. The quantitative estimate of drug-likeness (QED) is 0.282. The van der Waals surface area contributed by atoms with E-state index >= 15 is 0 Å². The lowest BCUT2D eigenvalue weighted by atomic mass is 10.1. The number of nitrogens with zero attached hydrogens (tertiary/aromatic N) is 5. The van der Waals surface area contributed by atoms with E-state index in [-0.39, 0.29) is 28.6 Å². The Bertz CT molecular complexity index is 1750. The lowest BCUT2D eigenvalue weighted by Crippen LogP contribution is -2.32. The van der Waals surface area contributed by atoms with Crippen LogP contribution in [0.5, 0.6) is 0 Å². The maximum absolute atomic E-state index is 13.7. The van der Waals surface area contributed by atoms with Crippen molar-refractivity contribution < 1.29 is 17.9 Å². The van der Waals surface area contributed by atoms with Crippen LogP contribution in [-0.2, 0) is 14.8 Å². The van der Waals surface area contributed by atoms with Crippen LogP contribution in [0.1, 0.15) is 28.6 Å². The first-order valence-electron chi connectivity index (χ1n) is 12.1. The number of H-pyrrole nitrogens is 2. The minimum absolute atomic E-state index is 0.0328. The van der Waals surface area contributed by atoms with E-state index in [0.717, 1.165) is 11.3 Å². The Morgan fingerprint density at radius 1 is 1.08 bits per heavy atom. The topological polar surface area (TPSA) is 159 Å². The van der Waals surface area contributed by atoms with Crippen molar-refractivity contribution in [1.82, 2.24) is 35.3 Å². The molecule has 2 atom stereocenters. The van der Waals surface area contributed by atoms with Crippen LogP contribution in [0.4, 0.5) is 5.69 Å². The van der Waals surface area contributed by atoms with Crippen molar-refractivity contribution in [1.29, 1.82) is 0 Å². The lowest BCUT2D eigenvalue weighted by Gasteiger charge is -2.23. The van der Waals surface area contributed by atoms with E-state index in [9.17, 15) is 13.2 Å². The summed E-state index contributed by atoms with van der Waals surface area (Å²) in [7, 11) is -2.32. The molecule has 39 heavy (non-hydrogen) atoms. The molecule has 0 bridgehead atoms. The van der Waals surface area contributed by atoms with E-state index in [0.29, 0.717) is 35.4 Å². The Hall–Kier alpha value is -4.62. The predicted octanol–water partition coefficient (Wildman–Crippen LogP) is 3.15. The van der Waals surface area contributed by atoms with Gasteiger partial charge in [-0.15, -0.1) is 0 Å². The zero-order valence-electron chi connectivity index (χ0n) is 20.8. The fourth-order valence-electron chi connectivity index (χ4n) is 4.71. The molecule has 1 aliphatic heterocycles. The number of pyridine rings is 1. The molecule has 3 N–H and O–H groups in total. The maximum atomic E-state index is 13.7. The van der Waals surface area contributed by atoms with Crippen LogP contribution >= 0.6 is 0 Å². The van der Waals surface area contributed by atoms with Gasteiger partial charge in [-0.2, -0.15) is 15.4 Å². The van der Waals surface area contributed by atoms with E-state index in [1.165, 1.54) is 18.2 Å². The van der Waals surface area contributed by atoms with Gasteiger partial charge in [-0.05, 0) is 48.5 Å². The third-order valence-electron chi connectivity index (χ3n) is 6.70. The van der Waals surface area contributed by atoms with Gasteiger partial charge >= 0.3 is 0 Å². The predicted molar refractivity (Wildman–Crippen MR) is 142 cm³/mol. The van der Waals surface area contributed by atoms with Gasteiger partial charge in [-0.25, -0.2) is 13.4 Å². The van der Waals surface area contributed by atoms with Gasteiger partial charge in [-0.1, -0.05) is 6.07 Å². The summed E-state index contributed by atoms with van der Waals surface area (Å²) in [5.41, 5.74) is 3.27. The van der Waals surface area contributed by atoms with Gasteiger partial charge < -0.3 is 14.6 Å². The molecule has 1 aliphatic rings. The average Bonchev–Trinajstić information content (AvgIpc) is 3.72. The third-order valence-corrected chi connectivity index (χ3v) is 8.08. The van der Waals surface area contributed by atoms with Gasteiger partial charge in [0.25, 0.3) is 15.9 Å². The number of likely N-dealkylation sites (tertiary alicyclic amines) is 1. The summed E-state index contributed by atoms with van der Waals surface area (Å²) >= 11 is 0. The van der Waals surface area contributed by atoms with Gasteiger partial charge in [-0.3, -0.25) is 14.5 Å². The van der Waals surface area contributed by atoms with Crippen molar-refractivity contribution in [3.63, 3.8) is 0 Å². The molecule has 2 aromatic carbocycles. The molecule has 6 rings (SSSR count). The molecular formula is C26H24N8O4S. The lowest BCUT2D eigenvalue weighted by molar-refractivity contribution is 0.0684. The Morgan fingerprint density at radius 2 is 1.95 bits per heavy atom. The number of ether oxygens (including phenoxy) is 1. The molecule has 0 spiro atoms. The van der Waals surface area contributed by atoms with Crippen LogP contribution < -0.4 is 4.72 Å². The highest BCUT2D eigenvalue weighted by molar-refractivity contribution is 7.92. The number of benzene rings is 2. The van der Waals surface area contributed by atoms with Crippen molar-refractivity contribution in [2.45, 2.75) is 23.5 Å². The summed E-state index contributed by atoms with van der Waals surface area (Å²) < 4.78 is 34.2. The van der Waals surface area contributed by atoms with Crippen molar-refractivity contribution in [3.05, 3.63) is 84.6 Å². The van der Waals surface area contributed by atoms with E-state index in [1.54, 1.807) is 54.9 Å². The highest BCUT2D eigenvalue weighted by atomic mass is 32.2.